The molecular formula is C23H26N2O4S2. The van der Waals surface area contributed by atoms with E-state index in [-0.39, 0.29) is 17.5 Å². The Morgan fingerprint density at radius 1 is 1.13 bits per heavy atom. The maximum Gasteiger partial charge on any atom is 0.151 e. The van der Waals surface area contributed by atoms with Crippen LogP contribution in [0.25, 0.3) is 22.2 Å². The van der Waals surface area contributed by atoms with Crippen LogP contribution >= 0.6 is 11.8 Å². The lowest BCUT2D eigenvalue weighted by atomic mass is 10.0. The number of benzene rings is 2. The molecule has 164 valence electrons. The highest BCUT2D eigenvalue weighted by Gasteiger charge is 2.27. The van der Waals surface area contributed by atoms with Gasteiger partial charge in [0.1, 0.15) is 11.5 Å². The fourth-order valence-electron chi connectivity index (χ4n) is 3.90. The summed E-state index contributed by atoms with van der Waals surface area (Å²) in [6.07, 6.45) is 2.68. The van der Waals surface area contributed by atoms with Gasteiger partial charge in [-0.25, -0.2) is 13.4 Å². The monoisotopic (exact) mass is 458 g/mol. The minimum Gasteiger partial charge on any atom is -0.497 e. The molecule has 8 heteroatoms. The van der Waals surface area contributed by atoms with Crippen LogP contribution in [0.2, 0.25) is 0 Å². The number of hydrogen-bond acceptors (Lipinski definition) is 7. The van der Waals surface area contributed by atoms with Crippen molar-refractivity contribution in [2.75, 3.05) is 32.0 Å². The number of aromatic nitrogens is 1. The van der Waals surface area contributed by atoms with Crippen molar-refractivity contribution in [3.63, 3.8) is 0 Å². The molecular weight excluding hydrogens is 432 g/mol. The quantitative estimate of drug-likeness (QED) is 0.538. The van der Waals surface area contributed by atoms with E-state index < -0.39 is 9.84 Å². The first-order valence-corrected chi connectivity index (χ1v) is 13.1. The predicted molar refractivity (Wildman–Crippen MR) is 126 cm³/mol. The lowest BCUT2D eigenvalue weighted by molar-refractivity contribution is 0.404. The zero-order valence-electron chi connectivity index (χ0n) is 17.8. The summed E-state index contributed by atoms with van der Waals surface area (Å²) in [6.45, 7) is 0.517. The second-order valence-corrected chi connectivity index (χ2v) is 10.7. The molecule has 0 amide bonds. The molecule has 2 aromatic carbocycles. The molecule has 1 aliphatic rings. The lowest BCUT2D eigenvalue weighted by Crippen LogP contribution is -2.29. The molecule has 1 saturated heterocycles. The Hall–Kier alpha value is -2.29. The molecule has 6 nitrogen and oxygen atoms in total. The second kappa shape index (κ2) is 9.06. The molecule has 4 rings (SSSR count). The zero-order valence-corrected chi connectivity index (χ0v) is 19.5. The van der Waals surface area contributed by atoms with E-state index in [1.165, 1.54) is 0 Å². The average molecular weight is 459 g/mol. The molecule has 0 radical (unpaired) electrons. The molecule has 2 heterocycles. The number of hydrogen-bond donors (Lipinski definition) is 1. The van der Waals surface area contributed by atoms with Crippen LogP contribution in [0, 0.1) is 0 Å². The first kappa shape index (κ1) is 21.9. The minimum absolute atomic E-state index is 0.0420. The van der Waals surface area contributed by atoms with Crippen LogP contribution in [0.1, 0.15) is 12.0 Å². The minimum atomic E-state index is -2.94. The van der Waals surface area contributed by atoms with Gasteiger partial charge < -0.3 is 14.8 Å². The Balaban J connectivity index is 1.80. The van der Waals surface area contributed by atoms with Gasteiger partial charge in [-0.05, 0) is 54.6 Å². The largest absolute Gasteiger partial charge is 0.497 e. The molecule has 0 saturated carbocycles. The first-order valence-electron chi connectivity index (χ1n) is 10.1. The van der Waals surface area contributed by atoms with Crippen molar-refractivity contribution in [3.05, 3.63) is 48.0 Å². The SMILES string of the molecule is COc1ccc(OC)c(-c2nc3cc(SC)ccc3cc2CN[C@H]2CCS(=O)(=O)C2)c1. The van der Waals surface area contributed by atoms with Crippen molar-refractivity contribution < 1.29 is 17.9 Å². The van der Waals surface area contributed by atoms with Gasteiger partial charge in [0.2, 0.25) is 0 Å². The van der Waals surface area contributed by atoms with E-state index in [1.54, 1.807) is 26.0 Å². The van der Waals surface area contributed by atoms with Gasteiger partial charge in [-0.2, -0.15) is 0 Å². The highest BCUT2D eigenvalue weighted by Crippen LogP contribution is 2.36. The van der Waals surface area contributed by atoms with E-state index in [0.717, 1.165) is 38.4 Å². The van der Waals surface area contributed by atoms with E-state index in [9.17, 15) is 8.42 Å². The molecule has 0 unspecified atom stereocenters. The van der Waals surface area contributed by atoms with Gasteiger partial charge in [0.25, 0.3) is 0 Å². The van der Waals surface area contributed by atoms with Crippen LogP contribution in [-0.2, 0) is 16.4 Å². The first-order chi connectivity index (χ1) is 14.9. The highest BCUT2D eigenvalue weighted by molar-refractivity contribution is 7.98. The third-order valence-electron chi connectivity index (χ3n) is 5.58. The van der Waals surface area contributed by atoms with Gasteiger partial charge in [0, 0.05) is 28.4 Å². The number of rotatable bonds is 7. The molecule has 1 atom stereocenters. The molecule has 1 aliphatic heterocycles. The maximum absolute atomic E-state index is 11.8. The third kappa shape index (κ3) is 4.81. The van der Waals surface area contributed by atoms with Gasteiger partial charge in [-0.15, -0.1) is 11.8 Å². The van der Waals surface area contributed by atoms with Crippen molar-refractivity contribution in [1.82, 2.24) is 10.3 Å². The van der Waals surface area contributed by atoms with Gasteiger partial charge in [0.15, 0.2) is 9.84 Å². The van der Waals surface area contributed by atoms with E-state index in [1.807, 2.05) is 24.5 Å². The molecule has 1 aromatic heterocycles. The molecule has 31 heavy (non-hydrogen) atoms. The summed E-state index contributed by atoms with van der Waals surface area (Å²) in [5.74, 6) is 1.85. The number of ether oxygens (including phenoxy) is 2. The van der Waals surface area contributed by atoms with Gasteiger partial charge in [-0.1, -0.05) is 6.07 Å². The number of nitrogens with zero attached hydrogens (tertiary/aromatic N) is 1. The summed E-state index contributed by atoms with van der Waals surface area (Å²) >= 11 is 1.68. The van der Waals surface area contributed by atoms with E-state index in [4.69, 9.17) is 14.5 Å². The molecule has 0 spiro atoms. The fraction of sp³-hybridized carbons (Fsp3) is 0.348. The molecule has 3 aromatic rings. The van der Waals surface area contributed by atoms with Crippen molar-refractivity contribution in [2.45, 2.75) is 23.9 Å². The van der Waals surface area contributed by atoms with Crippen LogP contribution in [0.3, 0.4) is 0 Å². The van der Waals surface area contributed by atoms with Crippen molar-refractivity contribution >= 4 is 32.5 Å². The summed E-state index contributed by atoms with van der Waals surface area (Å²) in [4.78, 5) is 6.15. The molecule has 0 bridgehead atoms. The third-order valence-corrected chi connectivity index (χ3v) is 8.07. The molecule has 1 N–H and O–H groups in total. The van der Waals surface area contributed by atoms with Gasteiger partial charge in [0.05, 0.1) is 36.9 Å². The standard InChI is InChI=1S/C23H26N2O4S2/c1-28-18-5-7-22(29-2)20(11-18)23-16(13-24-17-8-9-31(26,27)14-17)10-15-4-6-19(30-3)12-21(15)25-23/h4-7,10-12,17,24H,8-9,13-14H2,1-3H3/t17-/m0/s1. The van der Waals surface area contributed by atoms with E-state index >= 15 is 0 Å². The summed E-state index contributed by atoms with van der Waals surface area (Å²) < 4.78 is 34.7. The van der Waals surface area contributed by atoms with E-state index in [2.05, 4.69) is 29.6 Å². The normalized spacial score (nSPS) is 17.7. The van der Waals surface area contributed by atoms with Crippen LogP contribution in [0.4, 0.5) is 0 Å². The van der Waals surface area contributed by atoms with Crippen LogP contribution in [0.5, 0.6) is 11.5 Å². The zero-order chi connectivity index (χ0) is 22.0. The Kier molecular flexibility index (Phi) is 6.41. The Morgan fingerprint density at radius 3 is 2.65 bits per heavy atom. The average Bonchev–Trinajstić information content (AvgIpc) is 3.14. The Morgan fingerprint density at radius 2 is 1.97 bits per heavy atom. The number of thioether (sulfide) groups is 1. The summed E-state index contributed by atoms with van der Waals surface area (Å²) in [5.41, 5.74) is 3.53. The van der Waals surface area contributed by atoms with Crippen LogP contribution in [-0.4, -0.2) is 51.4 Å². The predicted octanol–water partition coefficient (Wildman–Crippen LogP) is 3.92. The highest BCUT2D eigenvalue weighted by atomic mass is 32.2. The van der Waals surface area contributed by atoms with Crippen LogP contribution in [0.15, 0.2) is 47.4 Å². The maximum atomic E-state index is 11.8. The van der Waals surface area contributed by atoms with E-state index in [0.29, 0.717) is 18.7 Å². The number of pyridine rings is 1. The summed E-state index contributed by atoms with van der Waals surface area (Å²) in [6, 6.07) is 14.0. The van der Waals surface area contributed by atoms with Crippen molar-refractivity contribution in [3.8, 4) is 22.8 Å². The molecule has 1 fully saturated rings. The number of sulfone groups is 1. The Labute approximate surface area is 187 Å². The fourth-order valence-corrected chi connectivity index (χ4v) is 6.04. The smallest absolute Gasteiger partial charge is 0.151 e. The van der Waals surface area contributed by atoms with Crippen LogP contribution < -0.4 is 14.8 Å². The summed E-state index contributed by atoms with van der Waals surface area (Å²) in [5, 5.41) is 4.46. The van der Waals surface area contributed by atoms with Crippen molar-refractivity contribution in [2.24, 2.45) is 0 Å². The van der Waals surface area contributed by atoms with Crippen molar-refractivity contribution in [1.29, 1.82) is 0 Å². The Bertz CT molecular complexity index is 1210. The number of nitrogens with one attached hydrogen (secondary N) is 1. The molecule has 0 aliphatic carbocycles. The van der Waals surface area contributed by atoms with Gasteiger partial charge in [-0.3, -0.25) is 0 Å². The second-order valence-electron chi connectivity index (χ2n) is 7.60. The topological polar surface area (TPSA) is 77.5 Å². The number of fused-ring (bicyclic) bond motifs is 1. The summed E-state index contributed by atoms with van der Waals surface area (Å²) in [7, 11) is 0.329. The lowest BCUT2D eigenvalue weighted by Gasteiger charge is -2.17. The number of methoxy groups -OCH3 is 2. The van der Waals surface area contributed by atoms with Gasteiger partial charge >= 0.3 is 0 Å².